The summed E-state index contributed by atoms with van der Waals surface area (Å²) in [6, 6.07) is 11.4. The van der Waals surface area contributed by atoms with Gasteiger partial charge in [0.2, 0.25) is 17.7 Å². The van der Waals surface area contributed by atoms with Gasteiger partial charge in [-0.1, -0.05) is 18.2 Å². The minimum atomic E-state index is -1.52. The summed E-state index contributed by atoms with van der Waals surface area (Å²) in [5, 5.41) is 7.15. The summed E-state index contributed by atoms with van der Waals surface area (Å²) >= 11 is 0. The van der Waals surface area contributed by atoms with Gasteiger partial charge in [-0.15, -0.1) is 0 Å². The molecule has 8 nitrogen and oxygen atoms in total. The van der Waals surface area contributed by atoms with Crippen molar-refractivity contribution in [2.75, 3.05) is 25.6 Å². The first-order valence-corrected chi connectivity index (χ1v) is 11.2. The molecule has 6 rings (SSSR count). The molecule has 3 aliphatic rings. The molecule has 1 spiro atoms. The number of H-pyrrole nitrogens is 1. The van der Waals surface area contributed by atoms with Crippen LogP contribution in [0.25, 0.3) is 10.9 Å². The number of carbonyl (C=O) groups excluding carboxylic acids is 3. The van der Waals surface area contributed by atoms with Crippen molar-refractivity contribution in [2.45, 2.75) is 18.0 Å². The average molecular weight is 462 g/mol. The van der Waals surface area contributed by atoms with Gasteiger partial charge in [0.15, 0.2) is 0 Å². The molecule has 2 saturated heterocycles. The highest BCUT2D eigenvalue weighted by atomic mass is 19.1. The minimum absolute atomic E-state index is 0.106. The number of benzene rings is 2. The Kier molecular flexibility index (Phi) is 4.62. The number of nitrogens with zero attached hydrogens (tertiary/aromatic N) is 1. The minimum Gasteiger partial charge on any atom is -0.383 e. The molecular formula is C25H23FN4O4. The van der Waals surface area contributed by atoms with Crippen molar-refractivity contribution in [3.8, 4) is 0 Å². The van der Waals surface area contributed by atoms with Crippen molar-refractivity contribution in [1.82, 2.24) is 15.2 Å². The van der Waals surface area contributed by atoms with Crippen LogP contribution in [0.2, 0.25) is 0 Å². The van der Waals surface area contributed by atoms with E-state index in [0.29, 0.717) is 17.7 Å². The number of carbonyl (C=O) groups is 3. The Morgan fingerprint density at radius 3 is 2.76 bits per heavy atom. The van der Waals surface area contributed by atoms with E-state index in [9.17, 15) is 18.8 Å². The lowest BCUT2D eigenvalue weighted by Crippen LogP contribution is -2.53. The molecule has 0 bridgehead atoms. The van der Waals surface area contributed by atoms with Crippen molar-refractivity contribution in [3.63, 3.8) is 0 Å². The highest BCUT2D eigenvalue weighted by Gasteiger charge is 2.70. The first kappa shape index (κ1) is 21.0. The third-order valence-corrected chi connectivity index (χ3v) is 7.40. The first-order valence-electron chi connectivity index (χ1n) is 11.2. The second kappa shape index (κ2) is 7.48. The van der Waals surface area contributed by atoms with Crippen LogP contribution in [0.1, 0.15) is 11.1 Å². The summed E-state index contributed by atoms with van der Waals surface area (Å²) in [4.78, 5) is 45.0. The highest BCUT2D eigenvalue weighted by Crippen LogP contribution is 2.53. The van der Waals surface area contributed by atoms with E-state index >= 15 is 0 Å². The Bertz CT molecular complexity index is 1350. The molecule has 1 aromatic heterocycles. The van der Waals surface area contributed by atoms with E-state index in [1.54, 1.807) is 0 Å². The maximum Gasteiger partial charge on any atom is 0.250 e. The smallest absolute Gasteiger partial charge is 0.250 e. The van der Waals surface area contributed by atoms with Gasteiger partial charge in [-0.3, -0.25) is 24.6 Å². The van der Waals surface area contributed by atoms with Crippen molar-refractivity contribution in [2.24, 2.45) is 11.8 Å². The number of nitrogens with one attached hydrogen (secondary N) is 3. The summed E-state index contributed by atoms with van der Waals surface area (Å²) in [5.74, 6) is -3.47. The Morgan fingerprint density at radius 1 is 1.12 bits per heavy atom. The van der Waals surface area contributed by atoms with Gasteiger partial charge in [-0.25, -0.2) is 4.39 Å². The maximum absolute atomic E-state index is 14.3. The number of anilines is 1. The van der Waals surface area contributed by atoms with Crippen molar-refractivity contribution < 1.29 is 23.5 Å². The SMILES string of the molecule is COCCN1C(=O)[C@@H]2[C@H](Cc3c[nH]c4ccccc34)N[C@]3(C(=O)Nc4ccc(F)cc43)[C@@H]2C1=O. The fraction of sp³-hybridized carbons (Fsp3) is 0.320. The fourth-order valence-electron chi connectivity index (χ4n) is 5.95. The number of para-hydroxylation sites is 1. The third-order valence-electron chi connectivity index (χ3n) is 7.40. The molecule has 4 heterocycles. The number of hydrogen-bond acceptors (Lipinski definition) is 5. The summed E-state index contributed by atoms with van der Waals surface area (Å²) in [5.41, 5.74) is 1.22. The zero-order valence-corrected chi connectivity index (χ0v) is 18.4. The molecule has 0 unspecified atom stereocenters. The van der Waals surface area contributed by atoms with Crippen molar-refractivity contribution in [1.29, 1.82) is 0 Å². The van der Waals surface area contributed by atoms with Gasteiger partial charge in [-0.2, -0.15) is 0 Å². The quantitative estimate of drug-likeness (QED) is 0.503. The average Bonchev–Trinajstić information content (AvgIpc) is 3.53. The largest absolute Gasteiger partial charge is 0.383 e. The number of amides is 3. The van der Waals surface area contributed by atoms with Crippen molar-refractivity contribution >= 4 is 34.3 Å². The normalized spacial score (nSPS) is 27.6. The summed E-state index contributed by atoms with van der Waals surface area (Å²) in [7, 11) is 1.50. The van der Waals surface area contributed by atoms with Crippen LogP contribution in [-0.4, -0.2) is 53.9 Å². The van der Waals surface area contributed by atoms with Crippen LogP contribution in [0.3, 0.4) is 0 Å². The second-order valence-electron chi connectivity index (χ2n) is 9.09. The van der Waals surface area contributed by atoms with Gasteiger partial charge in [0.1, 0.15) is 11.4 Å². The number of halogens is 1. The number of hydrogen-bond donors (Lipinski definition) is 3. The summed E-state index contributed by atoms with van der Waals surface area (Å²) in [6.07, 6.45) is 2.31. The number of methoxy groups -OCH3 is 1. The zero-order valence-electron chi connectivity index (χ0n) is 18.4. The van der Waals surface area contributed by atoms with Crippen LogP contribution < -0.4 is 10.6 Å². The van der Waals surface area contributed by atoms with E-state index in [1.165, 1.54) is 30.2 Å². The first-order chi connectivity index (χ1) is 16.5. The van der Waals surface area contributed by atoms with Gasteiger partial charge in [-0.05, 0) is 36.2 Å². The van der Waals surface area contributed by atoms with E-state index < -0.39 is 41.0 Å². The molecule has 9 heteroatoms. The molecule has 3 amide bonds. The molecule has 0 radical (unpaired) electrons. The number of rotatable bonds is 5. The molecule has 3 aliphatic heterocycles. The Morgan fingerprint density at radius 2 is 1.94 bits per heavy atom. The molecule has 174 valence electrons. The topological polar surface area (TPSA) is 104 Å². The van der Waals surface area contributed by atoms with E-state index in [2.05, 4.69) is 15.6 Å². The number of likely N-dealkylation sites (tertiary alicyclic amines) is 1. The van der Waals surface area contributed by atoms with Crippen molar-refractivity contribution in [3.05, 3.63) is 65.6 Å². The zero-order chi connectivity index (χ0) is 23.6. The van der Waals surface area contributed by atoms with Crippen LogP contribution in [-0.2, 0) is 31.1 Å². The monoisotopic (exact) mass is 462 g/mol. The third kappa shape index (κ3) is 2.74. The second-order valence-corrected chi connectivity index (χ2v) is 9.09. The molecule has 3 N–H and O–H groups in total. The van der Waals surface area contributed by atoms with Gasteiger partial charge in [0.25, 0.3) is 0 Å². The van der Waals surface area contributed by atoms with E-state index in [4.69, 9.17) is 4.74 Å². The van der Waals surface area contributed by atoms with Crippen LogP contribution in [0, 0.1) is 17.7 Å². The van der Waals surface area contributed by atoms with Crippen LogP contribution >= 0.6 is 0 Å². The number of fused-ring (bicyclic) bond motifs is 5. The highest BCUT2D eigenvalue weighted by molar-refractivity contribution is 6.15. The molecule has 3 aromatic rings. The van der Waals surface area contributed by atoms with E-state index in [1.807, 2.05) is 30.5 Å². The molecule has 34 heavy (non-hydrogen) atoms. The number of ether oxygens (including phenoxy) is 1. The molecule has 2 aromatic carbocycles. The van der Waals surface area contributed by atoms with E-state index in [0.717, 1.165) is 16.5 Å². The number of imide groups is 1. The standard InChI is InChI=1S/C25H23FN4O4/c1-34-9-8-30-22(31)20-19(10-13-12-27-17-5-3-2-4-15(13)17)29-25(21(20)23(30)32)16-11-14(26)6-7-18(16)28-24(25)33/h2-7,11-12,19-21,27,29H,8-10H2,1H3,(H,28,33)/t19-,20+,21-,25-/m0/s1. The Balaban J connectivity index is 1.47. The van der Waals surface area contributed by atoms with Crippen LogP contribution in [0.4, 0.5) is 10.1 Å². The lowest BCUT2D eigenvalue weighted by atomic mass is 9.76. The predicted molar refractivity (Wildman–Crippen MR) is 121 cm³/mol. The van der Waals surface area contributed by atoms with Gasteiger partial charge >= 0.3 is 0 Å². The van der Waals surface area contributed by atoms with Gasteiger partial charge in [0.05, 0.1) is 25.0 Å². The molecule has 0 aliphatic carbocycles. The van der Waals surface area contributed by atoms with Crippen LogP contribution in [0.5, 0.6) is 0 Å². The molecular weight excluding hydrogens is 439 g/mol. The summed E-state index contributed by atoms with van der Waals surface area (Å²) < 4.78 is 19.4. The lowest BCUT2D eigenvalue weighted by Gasteiger charge is -2.29. The lowest BCUT2D eigenvalue weighted by molar-refractivity contribution is -0.143. The Labute approximate surface area is 194 Å². The van der Waals surface area contributed by atoms with Crippen LogP contribution in [0.15, 0.2) is 48.7 Å². The molecule has 0 saturated carbocycles. The maximum atomic E-state index is 14.3. The Hall–Kier alpha value is -3.56. The van der Waals surface area contributed by atoms with Gasteiger partial charge < -0.3 is 15.0 Å². The summed E-state index contributed by atoms with van der Waals surface area (Å²) in [6.45, 7) is 0.302. The molecule has 4 atom stereocenters. The van der Waals surface area contributed by atoms with Gasteiger partial charge in [0, 0.05) is 41.5 Å². The predicted octanol–water partition coefficient (Wildman–Crippen LogP) is 1.92. The van der Waals surface area contributed by atoms with E-state index in [-0.39, 0.29) is 19.1 Å². The molecule has 2 fully saturated rings. The fourth-order valence-corrected chi connectivity index (χ4v) is 5.95. The number of aromatic nitrogens is 1. The number of aromatic amines is 1.